The van der Waals surface area contributed by atoms with Crippen molar-refractivity contribution in [1.82, 2.24) is 4.90 Å². The second kappa shape index (κ2) is 5.62. The Kier molecular flexibility index (Phi) is 3.87. The molecule has 2 amide bonds. The molecule has 1 aliphatic heterocycles. The van der Waals surface area contributed by atoms with Crippen molar-refractivity contribution >= 4 is 17.5 Å². The Balaban J connectivity index is 1.70. The third-order valence-electron chi connectivity index (χ3n) is 5.14. The molecule has 1 aromatic carbocycles. The smallest absolute Gasteiger partial charge is 0.313 e. The molecule has 1 saturated carbocycles. The van der Waals surface area contributed by atoms with Crippen LogP contribution in [0.3, 0.4) is 0 Å². The molecular formula is C19H23N3O2. The summed E-state index contributed by atoms with van der Waals surface area (Å²) < 4.78 is 0. The van der Waals surface area contributed by atoms with E-state index in [1.54, 1.807) is 29.2 Å². The summed E-state index contributed by atoms with van der Waals surface area (Å²) >= 11 is 0. The average Bonchev–Trinajstić information content (AvgIpc) is 2.76. The third kappa shape index (κ3) is 3.14. The van der Waals surface area contributed by atoms with E-state index in [2.05, 4.69) is 26.1 Å². The Morgan fingerprint density at radius 2 is 1.88 bits per heavy atom. The minimum atomic E-state index is -0.603. The molecule has 1 saturated heterocycles. The van der Waals surface area contributed by atoms with E-state index in [4.69, 9.17) is 5.26 Å². The molecular weight excluding hydrogens is 302 g/mol. The lowest BCUT2D eigenvalue weighted by Gasteiger charge is -2.39. The van der Waals surface area contributed by atoms with Crippen molar-refractivity contribution < 1.29 is 9.59 Å². The molecule has 2 fully saturated rings. The molecule has 1 heterocycles. The van der Waals surface area contributed by atoms with Gasteiger partial charge in [-0.15, -0.1) is 0 Å². The van der Waals surface area contributed by atoms with E-state index in [9.17, 15) is 9.59 Å². The van der Waals surface area contributed by atoms with Gasteiger partial charge in [0.15, 0.2) is 0 Å². The molecule has 5 heteroatoms. The maximum atomic E-state index is 12.6. The zero-order chi connectivity index (χ0) is 17.5. The normalized spacial score (nSPS) is 27.4. The van der Waals surface area contributed by atoms with Crippen molar-refractivity contribution in [3.05, 3.63) is 29.8 Å². The predicted octanol–water partition coefficient (Wildman–Crippen LogP) is 2.92. The monoisotopic (exact) mass is 325 g/mol. The largest absolute Gasteiger partial charge is 0.331 e. The highest BCUT2D eigenvalue weighted by Gasteiger charge is 2.51. The van der Waals surface area contributed by atoms with Crippen LogP contribution >= 0.6 is 0 Å². The lowest BCUT2D eigenvalue weighted by molar-refractivity contribution is -0.144. The van der Waals surface area contributed by atoms with Crippen LogP contribution in [0.25, 0.3) is 0 Å². The van der Waals surface area contributed by atoms with E-state index in [0.29, 0.717) is 17.8 Å². The number of amides is 2. The second-order valence-electron chi connectivity index (χ2n) is 8.29. The number of anilines is 1. The highest BCUT2D eigenvalue weighted by atomic mass is 16.2. The maximum absolute atomic E-state index is 12.6. The van der Waals surface area contributed by atoms with E-state index in [1.165, 1.54) is 0 Å². The first-order valence-electron chi connectivity index (χ1n) is 8.34. The van der Waals surface area contributed by atoms with Gasteiger partial charge in [-0.1, -0.05) is 20.8 Å². The number of hydrogen-bond donors (Lipinski definition) is 1. The van der Waals surface area contributed by atoms with Gasteiger partial charge in [-0.3, -0.25) is 9.59 Å². The number of likely N-dealkylation sites (tertiary alicyclic amines) is 1. The first kappa shape index (κ1) is 16.5. The Labute approximate surface area is 142 Å². The molecule has 2 aliphatic rings. The molecule has 0 spiro atoms. The number of nitrogens with zero attached hydrogens (tertiary/aromatic N) is 2. The molecule has 24 heavy (non-hydrogen) atoms. The van der Waals surface area contributed by atoms with Gasteiger partial charge in [0, 0.05) is 18.3 Å². The van der Waals surface area contributed by atoms with Gasteiger partial charge in [-0.2, -0.15) is 5.26 Å². The van der Waals surface area contributed by atoms with Gasteiger partial charge < -0.3 is 10.2 Å². The van der Waals surface area contributed by atoms with E-state index in [-0.39, 0.29) is 16.9 Å². The molecule has 2 atom stereocenters. The number of benzene rings is 1. The fourth-order valence-corrected chi connectivity index (χ4v) is 4.64. The van der Waals surface area contributed by atoms with Gasteiger partial charge >= 0.3 is 11.8 Å². The lowest BCUT2D eigenvalue weighted by Crippen LogP contribution is -2.43. The molecule has 3 rings (SSSR count). The number of hydrogen-bond acceptors (Lipinski definition) is 3. The van der Waals surface area contributed by atoms with Crippen LogP contribution in [0.5, 0.6) is 0 Å². The van der Waals surface area contributed by atoms with Gasteiger partial charge in [0.2, 0.25) is 0 Å². The zero-order valence-electron chi connectivity index (χ0n) is 14.4. The van der Waals surface area contributed by atoms with Crippen molar-refractivity contribution in [2.45, 2.75) is 46.1 Å². The summed E-state index contributed by atoms with van der Waals surface area (Å²) in [5, 5.41) is 11.4. The lowest BCUT2D eigenvalue weighted by atomic mass is 9.65. The summed E-state index contributed by atoms with van der Waals surface area (Å²) in [7, 11) is 0. The van der Waals surface area contributed by atoms with Crippen molar-refractivity contribution in [3.8, 4) is 6.07 Å². The summed E-state index contributed by atoms with van der Waals surface area (Å²) in [6.07, 6.45) is 3.00. The fourth-order valence-electron chi connectivity index (χ4n) is 4.64. The van der Waals surface area contributed by atoms with Crippen molar-refractivity contribution in [2.75, 3.05) is 11.9 Å². The Morgan fingerprint density at radius 3 is 2.50 bits per heavy atom. The van der Waals surface area contributed by atoms with Gasteiger partial charge in [0.05, 0.1) is 11.6 Å². The SMILES string of the molecule is CC1(C)CC2CC(C)(CN2C(=O)C(=O)Nc2ccc(C#N)cc2)C1. The standard InChI is InChI=1S/C19H23N3O2/c1-18(2)8-15-9-19(3,11-18)12-22(15)17(24)16(23)21-14-6-4-13(10-20)5-7-14/h4-7,15H,8-9,11-12H2,1-3H3,(H,21,23). The number of rotatable bonds is 1. The van der Waals surface area contributed by atoms with Gasteiger partial charge in [0.1, 0.15) is 0 Å². The summed E-state index contributed by atoms with van der Waals surface area (Å²) in [6.45, 7) is 7.35. The van der Waals surface area contributed by atoms with E-state index in [0.717, 1.165) is 19.3 Å². The van der Waals surface area contributed by atoms with Gasteiger partial charge in [0.25, 0.3) is 0 Å². The van der Waals surface area contributed by atoms with Crippen molar-refractivity contribution in [2.24, 2.45) is 10.8 Å². The predicted molar refractivity (Wildman–Crippen MR) is 91.0 cm³/mol. The van der Waals surface area contributed by atoms with Crippen LogP contribution in [0, 0.1) is 22.2 Å². The molecule has 0 aromatic heterocycles. The molecule has 126 valence electrons. The number of fused-ring (bicyclic) bond motifs is 2. The van der Waals surface area contributed by atoms with E-state index in [1.807, 2.05) is 6.07 Å². The molecule has 0 radical (unpaired) electrons. The quantitative estimate of drug-likeness (QED) is 0.807. The summed E-state index contributed by atoms with van der Waals surface area (Å²) in [5.74, 6) is -1.06. The van der Waals surface area contributed by atoms with E-state index >= 15 is 0 Å². The average molecular weight is 325 g/mol. The van der Waals surface area contributed by atoms with Crippen LogP contribution in [0.1, 0.15) is 45.6 Å². The van der Waals surface area contributed by atoms with Crippen molar-refractivity contribution in [3.63, 3.8) is 0 Å². The zero-order valence-corrected chi connectivity index (χ0v) is 14.4. The maximum Gasteiger partial charge on any atom is 0.313 e. The number of nitriles is 1. The van der Waals surface area contributed by atoms with Crippen LogP contribution in [0.4, 0.5) is 5.69 Å². The van der Waals surface area contributed by atoms with Crippen molar-refractivity contribution in [1.29, 1.82) is 5.26 Å². The highest BCUT2D eigenvalue weighted by molar-refractivity contribution is 6.39. The minimum Gasteiger partial charge on any atom is -0.331 e. The van der Waals surface area contributed by atoms with Crippen LogP contribution in [-0.2, 0) is 9.59 Å². The number of carbonyl (C=O) groups excluding carboxylic acids is 2. The summed E-state index contributed by atoms with van der Waals surface area (Å²) in [6, 6.07) is 8.68. The highest BCUT2D eigenvalue weighted by Crippen LogP contribution is 2.52. The minimum absolute atomic E-state index is 0.108. The van der Waals surface area contributed by atoms with E-state index < -0.39 is 11.8 Å². The van der Waals surface area contributed by atoms with Crippen LogP contribution in [-0.4, -0.2) is 29.3 Å². The summed E-state index contributed by atoms with van der Waals surface area (Å²) in [5.41, 5.74) is 1.36. The molecule has 1 aliphatic carbocycles. The topological polar surface area (TPSA) is 73.2 Å². The van der Waals surface area contributed by atoms with Crippen LogP contribution < -0.4 is 5.32 Å². The third-order valence-corrected chi connectivity index (χ3v) is 5.14. The van der Waals surface area contributed by atoms with Gasteiger partial charge in [-0.05, 0) is 54.4 Å². The molecule has 2 bridgehead atoms. The second-order valence-corrected chi connectivity index (χ2v) is 8.29. The fraction of sp³-hybridized carbons (Fsp3) is 0.526. The molecule has 1 N–H and O–H groups in total. The van der Waals surface area contributed by atoms with Crippen LogP contribution in [0.2, 0.25) is 0 Å². The number of carbonyl (C=O) groups is 2. The van der Waals surface area contributed by atoms with Gasteiger partial charge in [-0.25, -0.2) is 0 Å². The molecule has 1 aromatic rings. The Morgan fingerprint density at radius 1 is 1.21 bits per heavy atom. The molecule has 2 unspecified atom stereocenters. The Hall–Kier alpha value is -2.35. The van der Waals surface area contributed by atoms with Crippen LogP contribution in [0.15, 0.2) is 24.3 Å². The Bertz CT molecular complexity index is 717. The molecule has 5 nitrogen and oxygen atoms in total. The number of nitrogens with one attached hydrogen (secondary N) is 1. The first-order chi connectivity index (χ1) is 11.2. The first-order valence-corrected chi connectivity index (χ1v) is 8.34. The summed E-state index contributed by atoms with van der Waals surface area (Å²) in [4.78, 5) is 26.7.